The maximum absolute atomic E-state index is 15.7. The number of carbonyl (C=O) groups excluding carboxylic acids is 1. The second kappa shape index (κ2) is 16.9. The van der Waals surface area contributed by atoms with Crippen LogP contribution in [-0.2, 0) is 10.8 Å². The molecule has 0 unspecified atom stereocenters. The van der Waals surface area contributed by atoms with Crippen molar-refractivity contribution in [2.75, 3.05) is 9.80 Å². The number of carbonyl (C=O) groups is 1. The lowest BCUT2D eigenvalue weighted by Crippen LogP contribution is -2.14. The molecular formula is C67H54N2O2. The minimum atomic E-state index is -0.0319. The summed E-state index contributed by atoms with van der Waals surface area (Å²) in [5.74, 6) is -0.0319. The van der Waals surface area contributed by atoms with E-state index in [1.165, 1.54) is 11.1 Å². The third-order valence-electron chi connectivity index (χ3n) is 14.3. The van der Waals surface area contributed by atoms with Crippen molar-refractivity contribution in [3.05, 3.63) is 241 Å². The molecule has 0 N–H and O–H groups in total. The molecule has 0 fully saturated rings. The number of nitrogens with zero attached hydrogens (tertiary/aromatic N) is 2. The van der Waals surface area contributed by atoms with Gasteiger partial charge in [-0.3, -0.25) is 4.79 Å². The summed E-state index contributed by atoms with van der Waals surface area (Å²) < 4.78 is 7.07. The highest BCUT2D eigenvalue weighted by molar-refractivity contribution is 6.33. The molecule has 12 rings (SSSR count). The van der Waals surface area contributed by atoms with E-state index in [9.17, 15) is 0 Å². The highest BCUT2D eigenvalue weighted by atomic mass is 16.3. The Hall–Kier alpha value is -8.47. The van der Waals surface area contributed by atoms with Crippen LogP contribution in [0.25, 0.3) is 66.1 Å². The highest BCUT2D eigenvalue weighted by Gasteiger charge is 2.37. The largest absolute Gasteiger partial charge is 0.455 e. The van der Waals surface area contributed by atoms with Crippen LogP contribution < -0.4 is 9.80 Å². The van der Waals surface area contributed by atoms with E-state index in [4.69, 9.17) is 4.42 Å². The summed E-state index contributed by atoms with van der Waals surface area (Å²) in [5.41, 5.74) is 17.3. The van der Waals surface area contributed by atoms with Gasteiger partial charge in [0, 0.05) is 55.8 Å². The van der Waals surface area contributed by atoms with Crippen molar-refractivity contribution >= 4 is 72.6 Å². The van der Waals surface area contributed by atoms with Crippen LogP contribution in [-0.4, -0.2) is 5.78 Å². The molecular weight excluding hydrogens is 865 g/mol. The van der Waals surface area contributed by atoms with Gasteiger partial charge in [-0.05, 0) is 116 Å². The fourth-order valence-electron chi connectivity index (χ4n) is 10.6. The predicted octanol–water partition coefficient (Wildman–Crippen LogP) is 18.8. The summed E-state index contributed by atoms with van der Waals surface area (Å²) in [5, 5.41) is 3.97. The maximum atomic E-state index is 15.7. The molecule has 0 atom stereocenters. The van der Waals surface area contributed by atoms with Gasteiger partial charge in [0.25, 0.3) is 0 Å². The Bertz CT molecular complexity index is 3800. The van der Waals surface area contributed by atoms with Gasteiger partial charge in [-0.1, -0.05) is 193 Å². The molecule has 1 aliphatic rings. The molecule has 1 aromatic heterocycles. The number of ketones is 1. The SMILES string of the molecule is CC(C)(C)c1ccc(N(c2ccc(-c3ccccc3)cc2)c2cc3c(c4ccccc24)-c2c(cc(N(c4ccc(-c5ccccc5)cc4)c4ccc(C(C)(C)C)cc4)c4c2oc2ccccc24)C3=O)cc1. The Labute approximate surface area is 416 Å². The average Bonchev–Trinajstić information content (AvgIpc) is 3.92. The molecule has 4 nitrogen and oxygen atoms in total. The molecule has 0 amide bonds. The number of fused-ring (bicyclic) bond motifs is 9. The number of hydrogen-bond acceptors (Lipinski definition) is 4. The molecule has 0 saturated heterocycles. The number of rotatable bonds is 8. The van der Waals surface area contributed by atoms with E-state index < -0.39 is 0 Å². The summed E-state index contributed by atoms with van der Waals surface area (Å²) in [7, 11) is 0. The molecule has 11 aromatic rings. The first-order valence-corrected chi connectivity index (χ1v) is 24.6. The quantitative estimate of drug-likeness (QED) is 0.152. The zero-order valence-corrected chi connectivity index (χ0v) is 41.0. The van der Waals surface area contributed by atoms with Gasteiger partial charge in [-0.25, -0.2) is 0 Å². The van der Waals surface area contributed by atoms with Crippen LogP contribution in [0.4, 0.5) is 34.1 Å². The van der Waals surface area contributed by atoms with Crippen molar-refractivity contribution in [3.63, 3.8) is 0 Å². The molecule has 10 aromatic carbocycles. The Morgan fingerprint density at radius 1 is 0.366 bits per heavy atom. The normalized spacial score (nSPS) is 12.4. The van der Waals surface area contributed by atoms with E-state index in [0.717, 1.165) is 94.6 Å². The Morgan fingerprint density at radius 2 is 0.746 bits per heavy atom. The van der Waals surface area contributed by atoms with Crippen molar-refractivity contribution in [2.24, 2.45) is 0 Å². The van der Waals surface area contributed by atoms with Crippen LogP contribution in [0.5, 0.6) is 0 Å². The number of anilines is 6. The van der Waals surface area contributed by atoms with Gasteiger partial charge in [0.15, 0.2) is 5.78 Å². The first kappa shape index (κ1) is 43.8. The number of hydrogen-bond donors (Lipinski definition) is 0. The van der Waals surface area contributed by atoms with Gasteiger partial charge >= 0.3 is 0 Å². The fraction of sp³-hybridized carbons (Fsp3) is 0.119. The molecule has 1 aliphatic carbocycles. The minimum absolute atomic E-state index is 0.0168. The fourth-order valence-corrected chi connectivity index (χ4v) is 10.6. The van der Waals surface area contributed by atoms with E-state index in [0.29, 0.717) is 16.7 Å². The summed E-state index contributed by atoms with van der Waals surface area (Å²) in [6.07, 6.45) is 0. The zero-order valence-electron chi connectivity index (χ0n) is 41.0. The summed E-state index contributed by atoms with van der Waals surface area (Å²) >= 11 is 0. The van der Waals surface area contributed by atoms with E-state index >= 15 is 4.79 Å². The Kier molecular flexibility index (Phi) is 10.4. The van der Waals surface area contributed by atoms with E-state index in [1.807, 2.05) is 24.3 Å². The third-order valence-corrected chi connectivity index (χ3v) is 14.3. The van der Waals surface area contributed by atoms with Gasteiger partial charge < -0.3 is 14.2 Å². The minimum Gasteiger partial charge on any atom is -0.455 e. The van der Waals surface area contributed by atoms with Crippen molar-refractivity contribution in [2.45, 2.75) is 52.4 Å². The first-order chi connectivity index (χ1) is 34.4. The average molecular weight is 919 g/mol. The van der Waals surface area contributed by atoms with Crippen molar-refractivity contribution in [1.29, 1.82) is 0 Å². The van der Waals surface area contributed by atoms with Crippen LogP contribution in [0.1, 0.15) is 68.6 Å². The van der Waals surface area contributed by atoms with Crippen molar-refractivity contribution in [3.8, 4) is 33.4 Å². The Morgan fingerprint density at radius 3 is 1.24 bits per heavy atom. The van der Waals surface area contributed by atoms with Crippen LogP contribution in [0, 0.1) is 0 Å². The molecule has 0 bridgehead atoms. The number of benzene rings is 10. The van der Waals surface area contributed by atoms with Crippen LogP contribution >= 0.6 is 0 Å². The lowest BCUT2D eigenvalue weighted by atomic mass is 9.87. The molecule has 1 heterocycles. The van der Waals surface area contributed by atoms with Crippen molar-refractivity contribution in [1.82, 2.24) is 0 Å². The van der Waals surface area contributed by atoms with E-state index in [1.54, 1.807) is 0 Å². The molecule has 0 radical (unpaired) electrons. The van der Waals surface area contributed by atoms with Gasteiger partial charge in [-0.15, -0.1) is 0 Å². The molecule has 4 heteroatoms. The second-order valence-corrected chi connectivity index (χ2v) is 20.9. The van der Waals surface area contributed by atoms with Gasteiger partial charge in [0.2, 0.25) is 0 Å². The highest BCUT2D eigenvalue weighted by Crippen LogP contribution is 2.54. The zero-order chi connectivity index (χ0) is 48.6. The molecule has 0 spiro atoms. The second-order valence-electron chi connectivity index (χ2n) is 20.9. The number of para-hydroxylation sites is 1. The summed E-state index contributed by atoms with van der Waals surface area (Å²) in [4.78, 5) is 20.3. The van der Waals surface area contributed by atoms with Crippen LogP contribution in [0.15, 0.2) is 223 Å². The standard InChI is InChI=1S/C67H54N2O2/c1-66(2,3)47-29-37-51(38-30-47)68(49-33-25-45(26-34-49)43-17-9-7-10-18-43)58-41-56-61(54-22-14-13-21-53(54)58)63-57(64(56)70)42-59(62-55-23-15-16-24-60(55)71-65(62)63)69(52-39-31-48(32-40-52)67(4,5)6)50-35-27-46(28-36-50)44-19-11-8-12-20-44/h7-42H,1-6H3. The van der Waals surface area contributed by atoms with Crippen LogP contribution in [0.2, 0.25) is 0 Å². The topological polar surface area (TPSA) is 36.7 Å². The van der Waals surface area contributed by atoms with Gasteiger partial charge in [-0.2, -0.15) is 0 Å². The lowest BCUT2D eigenvalue weighted by Gasteiger charge is -2.29. The molecule has 0 saturated carbocycles. The molecule has 0 aliphatic heterocycles. The van der Waals surface area contributed by atoms with Gasteiger partial charge in [0.05, 0.1) is 16.8 Å². The van der Waals surface area contributed by atoms with E-state index in [2.05, 4.69) is 245 Å². The molecule has 344 valence electrons. The number of furan rings is 1. The third kappa shape index (κ3) is 7.59. The summed E-state index contributed by atoms with van der Waals surface area (Å²) in [6.45, 7) is 13.5. The van der Waals surface area contributed by atoms with Gasteiger partial charge in [0.1, 0.15) is 11.2 Å². The van der Waals surface area contributed by atoms with Crippen molar-refractivity contribution < 1.29 is 9.21 Å². The first-order valence-electron chi connectivity index (χ1n) is 24.6. The van der Waals surface area contributed by atoms with E-state index in [-0.39, 0.29) is 16.6 Å². The monoisotopic (exact) mass is 918 g/mol. The van der Waals surface area contributed by atoms with Crippen LogP contribution in [0.3, 0.4) is 0 Å². The predicted molar refractivity (Wildman–Crippen MR) is 298 cm³/mol. The molecule has 71 heavy (non-hydrogen) atoms. The lowest BCUT2D eigenvalue weighted by molar-refractivity contribution is 0.104. The Balaban J connectivity index is 1.09. The summed E-state index contributed by atoms with van der Waals surface area (Å²) in [6, 6.07) is 77.3. The maximum Gasteiger partial charge on any atom is 0.194 e. The smallest absolute Gasteiger partial charge is 0.194 e.